The van der Waals surface area contributed by atoms with Gasteiger partial charge in [-0.2, -0.15) is 5.10 Å². The zero-order chi connectivity index (χ0) is 17.5. The number of amides is 1. The molecule has 1 aromatic heterocycles. The number of benzene rings is 1. The number of aromatic amines is 2. The van der Waals surface area contributed by atoms with Crippen LogP contribution in [0.2, 0.25) is 0 Å². The summed E-state index contributed by atoms with van der Waals surface area (Å²) in [7, 11) is 1.60. The number of hydrazone groups is 1. The lowest BCUT2D eigenvalue weighted by Gasteiger charge is -2.06. The Morgan fingerprint density at radius 2 is 2.00 bits per heavy atom. The third-order valence-corrected chi connectivity index (χ3v) is 3.44. The number of ether oxygens (including phenoxy) is 1. The number of carbonyl (C=O) groups excluding carboxylic acids is 1. The molecule has 1 amide bonds. The number of carbonyl (C=O) groups is 1. The molecule has 8 heteroatoms. The van der Waals surface area contributed by atoms with Crippen molar-refractivity contribution in [2.45, 2.75) is 19.8 Å². The van der Waals surface area contributed by atoms with Gasteiger partial charge in [0.2, 0.25) is 5.91 Å². The second-order valence-electron chi connectivity index (χ2n) is 4.97. The zero-order valence-corrected chi connectivity index (χ0v) is 14.2. The van der Waals surface area contributed by atoms with E-state index in [9.17, 15) is 9.59 Å². The average molecular weight is 346 g/mol. The summed E-state index contributed by atoms with van der Waals surface area (Å²) in [5.41, 5.74) is 4.22. The van der Waals surface area contributed by atoms with E-state index in [1.54, 1.807) is 7.11 Å². The molecule has 1 heterocycles. The van der Waals surface area contributed by atoms with Crippen LogP contribution < -0.4 is 15.7 Å². The van der Waals surface area contributed by atoms with Crippen molar-refractivity contribution in [1.82, 2.24) is 15.4 Å². The molecule has 2 rings (SSSR count). The maximum Gasteiger partial charge on any atom is 0.251 e. The Hall–Kier alpha value is -2.74. The number of methoxy groups -OCH3 is 1. The highest BCUT2D eigenvalue weighted by Gasteiger charge is 2.06. The fourth-order valence-corrected chi connectivity index (χ4v) is 2.32. The van der Waals surface area contributed by atoms with Gasteiger partial charge in [-0.05, 0) is 48.5 Å². The highest BCUT2D eigenvalue weighted by Crippen LogP contribution is 2.13. The van der Waals surface area contributed by atoms with Crippen molar-refractivity contribution in [3.05, 3.63) is 56.7 Å². The van der Waals surface area contributed by atoms with Gasteiger partial charge < -0.3 is 9.72 Å². The standard InChI is InChI=1S/C16H18N4O3S/c1-3-13(10-4-6-12(23-2)7-5-10)19-20-15(22)9-11-8-14(21)18-16(24)17-11/h4-8H,3,9H2,1-2H3,(H,20,22)(H2,17,18,21,24)/b19-13-. The lowest BCUT2D eigenvalue weighted by atomic mass is 10.1. The first-order chi connectivity index (χ1) is 11.5. The Bertz CT molecular complexity index is 824. The fourth-order valence-electron chi connectivity index (χ4n) is 2.09. The molecular weight excluding hydrogens is 328 g/mol. The summed E-state index contributed by atoms with van der Waals surface area (Å²) >= 11 is 4.87. The summed E-state index contributed by atoms with van der Waals surface area (Å²) < 4.78 is 5.30. The number of nitrogens with zero attached hydrogens (tertiary/aromatic N) is 1. The number of H-pyrrole nitrogens is 2. The van der Waals surface area contributed by atoms with Gasteiger partial charge in [-0.1, -0.05) is 6.92 Å². The maximum absolute atomic E-state index is 12.0. The Morgan fingerprint density at radius 3 is 2.58 bits per heavy atom. The molecule has 126 valence electrons. The minimum Gasteiger partial charge on any atom is -0.497 e. The van der Waals surface area contributed by atoms with Crippen molar-refractivity contribution in [3.63, 3.8) is 0 Å². The molecule has 0 saturated heterocycles. The molecule has 0 fully saturated rings. The SMILES string of the molecule is CC/C(=N/NC(=O)Cc1cc(=O)[nH]c(=S)[nH]1)c1ccc(OC)cc1. The van der Waals surface area contributed by atoms with Gasteiger partial charge in [0.1, 0.15) is 5.75 Å². The van der Waals surface area contributed by atoms with E-state index in [0.29, 0.717) is 12.1 Å². The van der Waals surface area contributed by atoms with Crippen molar-refractivity contribution >= 4 is 23.8 Å². The molecule has 0 aliphatic heterocycles. The Morgan fingerprint density at radius 1 is 1.29 bits per heavy atom. The van der Waals surface area contributed by atoms with Crippen molar-refractivity contribution in [2.75, 3.05) is 7.11 Å². The van der Waals surface area contributed by atoms with E-state index in [1.165, 1.54) is 6.07 Å². The van der Waals surface area contributed by atoms with Crippen molar-refractivity contribution in [3.8, 4) is 5.75 Å². The highest BCUT2D eigenvalue weighted by molar-refractivity contribution is 7.71. The molecule has 24 heavy (non-hydrogen) atoms. The fraction of sp³-hybridized carbons (Fsp3) is 0.250. The average Bonchev–Trinajstić information content (AvgIpc) is 2.55. The van der Waals surface area contributed by atoms with E-state index in [0.717, 1.165) is 17.0 Å². The lowest BCUT2D eigenvalue weighted by Crippen LogP contribution is -2.23. The Kier molecular flexibility index (Phi) is 6.02. The third kappa shape index (κ3) is 4.88. The van der Waals surface area contributed by atoms with E-state index >= 15 is 0 Å². The second kappa shape index (κ2) is 8.21. The molecule has 0 bridgehead atoms. The topological polar surface area (TPSA) is 99.3 Å². The number of hydrogen-bond donors (Lipinski definition) is 3. The smallest absolute Gasteiger partial charge is 0.251 e. The molecular formula is C16H18N4O3S. The zero-order valence-electron chi connectivity index (χ0n) is 13.4. The number of nitrogens with one attached hydrogen (secondary N) is 3. The van der Waals surface area contributed by atoms with Crippen LogP contribution in [0.25, 0.3) is 0 Å². The molecule has 0 saturated carbocycles. The molecule has 3 N–H and O–H groups in total. The van der Waals surface area contributed by atoms with Crippen LogP contribution in [0.5, 0.6) is 5.75 Å². The highest BCUT2D eigenvalue weighted by atomic mass is 32.1. The summed E-state index contributed by atoms with van der Waals surface area (Å²) in [5, 5.41) is 4.16. The van der Waals surface area contributed by atoms with E-state index in [-0.39, 0.29) is 22.7 Å². The largest absolute Gasteiger partial charge is 0.497 e. The molecule has 7 nitrogen and oxygen atoms in total. The Balaban J connectivity index is 2.07. The van der Waals surface area contributed by atoms with E-state index in [1.807, 2.05) is 31.2 Å². The molecule has 0 unspecified atom stereocenters. The van der Waals surface area contributed by atoms with Gasteiger partial charge in [0, 0.05) is 11.8 Å². The van der Waals surface area contributed by atoms with Crippen molar-refractivity contribution < 1.29 is 9.53 Å². The van der Waals surface area contributed by atoms with Gasteiger partial charge in [0.25, 0.3) is 5.56 Å². The monoisotopic (exact) mass is 346 g/mol. The van der Waals surface area contributed by atoms with E-state index in [4.69, 9.17) is 17.0 Å². The molecule has 0 atom stereocenters. The van der Waals surface area contributed by atoms with Gasteiger partial charge in [0.05, 0.1) is 19.2 Å². The second-order valence-corrected chi connectivity index (χ2v) is 5.37. The lowest BCUT2D eigenvalue weighted by molar-refractivity contribution is -0.120. The van der Waals surface area contributed by atoms with Gasteiger partial charge in [0.15, 0.2) is 4.77 Å². The van der Waals surface area contributed by atoms with Crippen LogP contribution in [0.4, 0.5) is 0 Å². The molecule has 0 radical (unpaired) electrons. The van der Waals surface area contributed by atoms with Gasteiger partial charge >= 0.3 is 0 Å². The molecule has 1 aromatic carbocycles. The summed E-state index contributed by atoms with van der Waals surface area (Å²) in [6.45, 7) is 1.95. The van der Waals surface area contributed by atoms with Gasteiger partial charge in [-0.3, -0.25) is 14.6 Å². The first-order valence-corrected chi connectivity index (χ1v) is 7.75. The Labute approximate surface area is 143 Å². The predicted molar refractivity (Wildman–Crippen MR) is 93.9 cm³/mol. The minimum absolute atomic E-state index is 0.0172. The van der Waals surface area contributed by atoms with Crippen molar-refractivity contribution in [1.29, 1.82) is 0 Å². The summed E-state index contributed by atoms with van der Waals surface area (Å²) in [6.07, 6.45) is 0.636. The first-order valence-electron chi connectivity index (χ1n) is 7.34. The van der Waals surface area contributed by atoms with Crippen LogP contribution in [-0.2, 0) is 11.2 Å². The predicted octanol–water partition coefficient (Wildman–Crippen LogP) is 1.91. The quantitative estimate of drug-likeness (QED) is 0.423. The van der Waals surface area contributed by atoms with Crippen LogP contribution in [0, 0.1) is 4.77 Å². The van der Waals surface area contributed by atoms with Crippen LogP contribution in [0.3, 0.4) is 0 Å². The van der Waals surface area contributed by atoms with Crippen LogP contribution >= 0.6 is 12.2 Å². The van der Waals surface area contributed by atoms with Crippen molar-refractivity contribution in [2.24, 2.45) is 5.10 Å². The molecule has 0 spiro atoms. The normalized spacial score (nSPS) is 11.2. The summed E-state index contributed by atoms with van der Waals surface area (Å²) in [6, 6.07) is 8.71. The van der Waals surface area contributed by atoms with E-state index in [2.05, 4.69) is 20.5 Å². The third-order valence-electron chi connectivity index (χ3n) is 3.24. The van der Waals surface area contributed by atoms with Gasteiger partial charge in [-0.25, -0.2) is 5.43 Å². The van der Waals surface area contributed by atoms with Crippen LogP contribution in [-0.4, -0.2) is 28.7 Å². The summed E-state index contributed by atoms with van der Waals surface area (Å²) in [4.78, 5) is 28.5. The number of aromatic nitrogens is 2. The van der Waals surface area contributed by atoms with Crippen LogP contribution in [0.1, 0.15) is 24.6 Å². The number of hydrogen-bond acceptors (Lipinski definition) is 5. The van der Waals surface area contributed by atoms with E-state index < -0.39 is 0 Å². The number of rotatable bonds is 6. The summed E-state index contributed by atoms with van der Waals surface area (Å²) in [5.74, 6) is 0.411. The molecule has 0 aliphatic rings. The first kappa shape index (κ1) is 17.6. The minimum atomic E-state index is -0.350. The van der Waals surface area contributed by atoms with Gasteiger partial charge in [-0.15, -0.1) is 0 Å². The van der Waals surface area contributed by atoms with Crippen LogP contribution in [0.15, 0.2) is 40.2 Å². The molecule has 0 aliphatic carbocycles. The molecule has 2 aromatic rings. The maximum atomic E-state index is 12.0.